The number of anilines is 1. The number of carbonyl (C=O) groups is 2. The SMILES string of the molecule is COc1ccc(SCCC(=O)NCC(=O)Nc2ccc(Br)cc2C)cc1. The van der Waals surface area contributed by atoms with E-state index < -0.39 is 0 Å². The second-order valence-corrected chi connectivity index (χ2v) is 7.64. The molecule has 2 aromatic carbocycles. The molecule has 2 aromatic rings. The number of methoxy groups -OCH3 is 1. The van der Waals surface area contributed by atoms with Crippen LogP contribution in [0.15, 0.2) is 51.8 Å². The number of halogens is 1. The first-order valence-electron chi connectivity index (χ1n) is 8.07. The number of ether oxygens (including phenoxy) is 1. The molecule has 0 aromatic heterocycles. The number of aryl methyl sites for hydroxylation is 1. The fourth-order valence-electron chi connectivity index (χ4n) is 2.16. The van der Waals surface area contributed by atoms with E-state index >= 15 is 0 Å². The molecule has 0 spiro atoms. The summed E-state index contributed by atoms with van der Waals surface area (Å²) in [4.78, 5) is 24.9. The molecule has 0 heterocycles. The summed E-state index contributed by atoms with van der Waals surface area (Å²) in [5, 5.41) is 5.44. The molecule has 7 heteroatoms. The van der Waals surface area contributed by atoms with Crippen molar-refractivity contribution in [1.29, 1.82) is 0 Å². The second-order valence-electron chi connectivity index (χ2n) is 5.56. The summed E-state index contributed by atoms with van der Waals surface area (Å²) >= 11 is 4.97. The minimum atomic E-state index is -0.244. The third-order valence-electron chi connectivity index (χ3n) is 3.57. The Kier molecular flexibility index (Phi) is 8.00. The number of hydrogen-bond acceptors (Lipinski definition) is 4. The lowest BCUT2D eigenvalue weighted by Gasteiger charge is -2.09. The highest BCUT2D eigenvalue weighted by atomic mass is 79.9. The summed E-state index contributed by atoms with van der Waals surface area (Å²) in [7, 11) is 1.63. The molecule has 0 bridgehead atoms. The van der Waals surface area contributed by atoms with E-state index in [0.29, 0.717) is 12.2 Å². The molecule has 26 heavy (non-hydrogen) atoms. The van der Waals surface area contributed by atoms with Crippen LogP contribution < -0.4 is 15.4 Å². The van der Waals surface area contributed by atoms with Gasteiger partial charge in [0.15, 0.2) is 0 Å². The minimum absolute atomic E-state index is 0.0401. The molecule has 0 aliphatic heterocycles. The van der Waals surface area contributed by atoms with Crippen molar-refractivity contribution in [2.75, 3.05) is 24.7 Å². The van der Waals surface area contributed by atoms with Gasteiger partial charge in [0.25, 0.3) is 0 Å². The topological polar surface area (TPSA) is 67.4 Å². The predicted molar refractivity (Wildman–Crippen MR) is 109 cm³/mol. The van der Waals surface area contributed by atoms with Gasteiger partial charge in [0.2, 0.25) is 11.8 Å². The average molecular weight is 437 g/mol. The third-order valence-corrected chi connectivity index (χ3v) is 5.07. The van der Waals surface area contributed by atoms with Gasteiger partial charge in [-0.05, 0) is 55.0 Å². The molecule has 0 saturated carbocycles. The van der Waals surface area contributed by atoms with Crippen LogP contribution >= 0.6 is 27.7 Å². The van der Waals surface area contributed by atoms with Crippen LogP contribution in [0.2, 0.25) is 0 Å². The minimum Gasteiger partial charge on any atom is -0.497 e. The van der Waals surface area contributed by atoms with Crippen molar-refractivity contribution in [2.45, 2.75) is 18.2 Å². The van der Waals surface area contributed by atoms with Gasteiger partial charge < -0.3 is 15.4 Å². The summed E-state index contributed by atoms with van der Waals surface area (Å²) in [5.41, 5.74) is 1.69. The first kappa shape index (κ1) is 20.3. The summed E-state index contributed by atoms with van der Waals surface area (Å²) in [6, 6.07) is 13.3. The zero-order chi connectivity index (χ0) is 18.9. The molecule has 0 fully saturated rings. The maximum atomic E-state index is 12.0. The monoisotopic (exact) mass is 436 g/mol. The van der Waals surface area contributed by atoms with Gasteiger partial charge in [0.05, 0.1) is 13.7 Å². The summed E-state index contributed by atoms with van der Waals surface area (Å²) in [6.07, 6.45) is 0.348. The number of hydrogen-bond donors (Lipinski definition) is 2. The lowest BCUT2D eigenvalue weighted by atomic mass is 10.2. The Hall–Kier alpha value is -1.99. The number of nitrogens with one attached hydrogen (secondary N) is 2. The number of thioether (sulfide) groups is 1. The molecule has 2 amide bonds. The van der Waals surface area contributed by atoms with Gasteiger partial charge in [-0.2, -0.15) is 0 Å². The molecule has 5 nitrogen and oxygen atoms in total. The number of benzene rings is 2. The van der Waals surface area contributed by atoms with Crippen molar-refractivity contribution >= 4 is 45.2 Å². The largest absolute Gasteiger partial charge is 0.497 e. The molecule has 0 aliphatic rings. The van der Waals surface area contributed by atoms with Crippen molar-refractivity contribution in [3.8, 4) is 5.75 Å². The lowest BCUT2D eigenvalue weighted by Crippen LogP contribution is -2.33. The van der Waals surface area contributed by atoms with Crippen molar-refractivity contribution in [3.05, 3.63) is 52.5 Å². The molecule has 0 radical (unpaired) electrons. The maximum Gasteiger partial charge on any atom is 0.243 e. The molecule has 2 N–H and O–H groups in total. The van der Waals surface area contributed by atoms with Gasteiger partial charge in [-0.3, -0.25) is 9.59 Å². The number of carbonyl (C=O) groups excluding carboxylic acids is 2. The highest BCUT2D eigenvalue weighted by Crippen LogP contribution is 2.22. The first-order chi connectivity index (χ1) is 12.5. The van der Waals surface area contributed by atoms with Crippen LogP contribution in [0, 0.1) is 6.92 Å². The summed E-state index contributed by atoms with van der Waals surface area (Å²) in [5.74, 6) is 1.06. The van der Waals surface area contributed by atoms with Gasteiger partial charge in [-0.15, -0.1) is 11.8 Å². The Morgan fingerprint density at radius 2 is 1.85 bits per heavy atom. The second kappa shape index (κ2) is 10.2. The fraction of sp³-hybridized carbons (Fsp3) is 0.263. The average Bonchev–Trinajstić information content (AvgIpc) is 2.63. The van der Waals surface area contributed by atoms with Gasteiger partial charge in [0, 0.05) is 27.2 Å². The number of rotatable bonds is 8. The lowest BCUT2D eigenvalue weighted by molar-refractivity contribution is -0.123. The molecular weight excluding hydrogens is 416 g/mol. The zero-order valence-corrected chi connectivity index (χ0v) is 17.1. The highest BCUT2D eigenvalue weighted by molar-refractivity contribution is 9.10. The molecule has 138 valence electrons. The smallest absolute Gasteiger partial charge is 0.243 e. The quantitative estimate of drug-likeness (QED) is 0.613. The highest BCUT2D eigenvalue weighted by Gasteiger charge is 2.08. The standard InChI is InChI=1S/C19H21BrN2O3S/c1-13-11-14(20)3-8-17(13)22-19(24)12-21-18(23)9-10-26-16-6-4-15(25-2)5-7-16/h3-8,11H,9-10,12H2,1-2H3,(H,21,23)(H,22,24). The van der Waals surface area contributed by atoms with E-state index in [1.165, 1.54) is 0 Å². The fourth-order valence-corrected chi connectivity index (χ4v) is 3.49. The number of amides is 2. The van der Waals surface area contributed by atoms with Crippen molar-refractivity contribution in [3.63, 3.8) is 0 Å². The molecule has 0 saturated heterocycles. The van der Waals surface area contributed by atoms with Crippen LogP contribution in [-0.2, 0) is 9.59 Å². The first-order valence-corrected chi connectivity index (χ1v) is 9.85. The zero-order valence-electron chi connectivity index (χ0n) is 14.7. The maximum absolute atomic E-state index is 12.0. The van der Waals surface area contributed by atoms with E-state index in [4.69, 9.17) is 4.74 Å². The Morgan fingerprint density at radius 1 is 1.12 bits per heavy atom. The summed E-state index contributed by atoms with van der Waals surface area (Å²) in [6.45, 7) is 1.87. The van der Waals surface area contributed by atoms with Crippen LogP contribution in [0.3, 0.4) is 0 Å². The third kappa shape index (κ3) is 6.72. The van der Waals surface area contributed by atoms with Gasteiger partial charge in [0.1, 0.15) is 5.75 Å². The Morgan fingerprint density at radius 3 is 2.50 bits per heavy atom. The van der Waals surface area contributed by atoms with E-state index in [9.17, 15) is 9.59 Å². The van der Waals surface area contributed by atoms with Gasteiger partial charge in [-0.25, -0.2) is 0 Å². The van der Waals surface area contributed by atoms with E-state index in [-0.39, 0.29) is 18.4 Å². The van der Waals surface area contributed by atoms with Gasteiger partial charge >= 0.3 is 0 Å². The van der Waals surface area contributed by atoms with E-state index in [2.05, 4.69) is 26.6 Å². The van der Waals surface area contributed by atoms with Crippen molar-refractivity contribution in [2.24, 2.45) is 0 Å². The van der Waals surface area contributed by atoms with Crippen LogP contribution in [-0.4, -0.2) is 31.2 Å². The molecule has 0 unspecified atom stereocenters. The van der Waals surface area contributed by atoms with Gasteiger partial charge in [-0.1, -0.05) is 15.9 Å². The van der Waals surface area contributed by atoms with Crippen LogP contribution in [0.1, 0.15) is 12.0 Å². The van der Waals surface area contributed by atoms with Crippen molar-refractivity contribution in [1.82, 2.24) is 5.32 Å². The van der Waals surface area contributed by atoms with Crippen molar-refractivity contribution < 1.29 is 14.3 Å². The Bertz CT molecular complexity index is 766. The molecular formula is C19H21BrN2O3S. The normalized spacial score (nSPS) is 10.3. The van der Waals surface area contributed by atoms with Crippen LogP contribution in [0.5, 0.6) is 5.75 Å². The molecule has 0 aliphatic carbocycles. The van der Waals surface area contributed by atoms with E-state index in [0.717, 1.165) is 26.4 Å². The Balaban J connectivity index is 1.68. The predicted octanol–water partition coefficient (Wildman–Crippen LogP) is 4.00. The molecule has 0 atom stereocenters. The van der Waals surface area contributed by atoms with E-state index in [1.54, 1.807) is 18.9 Å². The summed E-state index contributed by atoms with van der Waals surface area (Å²) < 4.78 is 6.06. The Labute approximate surface area is 166 Å². The van der Waals surface area contributed by atoms with Crippen LogP contribution in [0.4, 0.5) is 5.69 Å². The van der Waals surface area contributed by atoms with E-state index in [1.807, 2.05) is 49.4 Å². The van der Waals surface area contributed by atoms with Crippen LogP contribution in [0.25, 0.3) is 0 Å². The molecule has 2 rings (SSSR count).